The quantitative estimate of drug-likeness (QED) is 0.717. The van der Waals surface area contributed by atoms with E-state index in [1.54, 1.807) is 0 Å². The maximum atomic E-state index is 12.7. The molecule has 0 radical (unpaired) electrons. The van der Waals surface area contributed by atoms with Crippen LogP contribution in [0.4, 0.5) is 0 Å². The molecule has 3 heterocycles. The monoisotopic (exact) mass is 253 g/mol. The molecular weight excluding hydrogens is 234 g/mol. The largest absolute Gasteiger partial charge is 0.368 e. The van der Waals surface area contributed by atoms with Gasteiger partial charge in [-0.15, -0.1) is 0 Å². The smallest absolute Gasteiger partial charge is 0.182 e. The van der Waals surface area contributed by atoms with Crippen LogP contribution >= 0.6 is 0 Å². The fraction of sp³-hybridized carbons (Fsp3) is 0.471. The molecule has 1 aliphatic carbocycles. The van der Waals surface area contributed by atoms with Crippen LogP contribution in [0.2, 0.25) is 0 Å². The Bertz CT molecular complexity index is 519. The molecule has 1 aromatic carbocycles. The van der Waals surface area contributed by atoms with Crippen LogP contribution in [0.1, 0.15) is 24.8 Å². The summed E-state index contributed by atoms with van der Waals surface area (Å²) in [5, 5.41) is 0. The highest BCUT2D eigenvalue weighted by molar-refractivity contribution is 6.02. The lowest BCUT2D eigenvalue weighted by Gasteiger charge is -2.53. The highest BCUT2D eigenvalue weighted by Gasteiger charge is 2.49. The van der Waals surface area contributed by atoms with Crippen molar-refractivity contribution >= 4 is 11.9 Å². The number of hydrogen-bond acceptors (Lipinski definition) is 2. The van der Waals surface area contributed by atoms with Crippen molar-refractivity contribution in [2.75, 3.05) is 13.1 Å². The van der Waals surface area contributed by atoms with Crippen molar-refractivity contribution in [3.63, 3.8) is 0 Å². The van der Waals surface area contributed by atoms with E-state index in [-0.39, 0.29) is 0 Å². The molecule has 0 aromatic heterocycles. The predicted octanol–water partition coefficient (Wildman–Crippen LogP) is 2.96. The lowest BCUT2D eigenvalue weighted by Crippen LogP contribution is -2.58. The van der Waals surface area contributed by atoms with E-state index in [1.807, 2.05) is 18.2 Å². The van der Waals surface area contributed by atoms with Gasteiger partial charge in [0.2, 0.25) is 0 Å². The number of hydrogen-bond donors (Lipinski definition) is 0. The van der Waals surface area contributed by atoms with Crippen LogP contribution in [0.15, 0.2) is 36.0 Å². The van der Waals surface area contributed by atoms with Crippen molar-refractivity contribution in [3.05, 3.63) is 41.6 Å². The SMILES string of the molecule is O=C1/C(=C/c2ccccc2)N2C[C@H]3CCC[C@@H](C2)C13. The van der Waals surface area contributed by atoms with Crippen molar-refractivity contribution in [1.29, 1.82) is 0 Å². The van der Waals surface area contributed by atoms with E-state index in [4.69, 9.17) is 0 Å². The molecule has 19 heavy (non-hydrogen) atoms. The zero-order valence-corrected chi connectivity index (χ0v) is 11.1. The fourth-order valence-electron chi connectivity index (χ4n) is 4.26. The Balaban J connectivity index is 1.69. The van der Waals surface area contributed by atoms with E-state index < -0.39 is 0 Å². The van der Waals surface area contributed by atoms with Gasteiger partial charge in [-0.1, -0.05) is 36.8 Å². The lowest BCUT2D eigenvalue weighted by molar-refractivity contribution is -0.135. The first kappa shape index (κ1) is 11.3. The molecule has 4 aliphatic rings. The third kappa shape index (κ3) is 1.73. The zero-order valence-electron chi connectivity index (χ0n) is 11.1. The first-order valence-electron chi connectivity index (χ1n) is 7.39. The Labute approximate surface area is 114 Å². The van der Waals surface area contributed by atoms with Gasteiger partial charge >= 0.3 is 0 Å². The maximum Gasteiger partial charge on any atom is 0.182 e. The number of ketones is 1. The number of allylic oxidation sites excluding steroid dienone is 1. The Morgan fingerprint density at radius 3 is 2.37 bits per heavy atom. The van der Waals surface area contributed by atoms with Crippen molar-refractivity contribution in [1.82, 2.24) is 4.90 Å². The second kappa shape index (κ2) is 4.22. The Hall–Kier alpha value is -1.57. The number of piperidine rings is 3. The van der Waals surface area contributed by atoms with Crippen LogP contribution in [0.3, 0.4) is 0 Å². The van der Waals surface area contributed by atoms with Gasteiger partial charge in [0, 0.05) is 19.0 Å². The summed E-state index contributed by atoms with van der Waals surface area (Å²) < 4.78 is 0. The predicted molar refractivity (Wildman–Crippen MR) is 75.3 cm³/mol. The summed E-state index contributed by atoms with van der Waals surface area (Å²) in [6, 6.07) is 10.2. The molecule has 0 N–H and O–H groups in total. The normalized spacial score (nSPS) is 34.9. The molecule has 1 aromatic rings. The minimum Gasteiger partial charge on any atom is -0.368 e. The molecule has 0 amide bonds. The van der Waals surface area contributed by atoms with E-state index >= 15 is 0 Å². The first-order valence-corrected chi connectivity index (χ1v) is 7.39. The molecule has 3 atom stereocenters. The molecule has 3 saturated heterocycles. The number of nitrogens with zero attached hydrogens (tertiary/aromatic N) is 1. The number of fused-ring (bicyclic) bond motifs is 1. The van der Waals surface area contributed by atoms with Gasteiger partial charge in [0.25, 0.3) is 0 Å². The Morgan fingerprint density at radius 2 is 1.74 bits per heavy atom. The van der Waals surface area contributed by atoms with Crippen molar-refractivity contribution in [2.45, 2.75) is 19.3 Å². The Kier molecular flexibility index (Phi) is 2.51. The van der Waals surface area contributed by atoms with Crippen LogP contribution in [-0.2, 0) is 4.79 Å². The third-order valence-electron chi connectivity index (χ3n) is 5.07. The highest BCUT2D eigenvalue weighted by atomic mass is 16.1. The van der Waals surface area contributed by atoms with Gasteiger partial charge in [-0.2, -0.15) is 0 Å². The van der Waals surface area contributed by atoms with E-state index in [2.05, 4.69) is 23.1 Å². The number of Topliss-reactive ketones (excluding diaryl/α,β-unsaturated/α-hetero) is 1. The molecule has 3 aliphatic heterocycles. The minimum atomic E-state index is 0.328. The van der Waals surface area contributed by atoms with Gasteiger partial charge in [-0.05, 0) is 36.3 Å². The first-order chi connectivity index (χ1) is 9.33. The summed E-state index contributed by atoms with van der Waals surface area (Å²) in [5.41, 5.74) is 2.11. The summed E-state index contributed by atoms with van der Waals surface area (Å²) in [5.74, 6) is 2.01. The topological polar surface area (TPSA) is 20.3 Å². The van der Waals surface area contributed by atoms with Gasteiger partial charge in [-0.25, -0.2) is 0 Å². The van der Waals surface area contributed by atoms with E-state index in [9.17, 15) is 4.79 Å². The molecule has 0 spiro atoms. The van der Waals surface area contributed by atoms with Gasteiger partial charge in [0.05, 0.1) is 5.70 Å². The second-order valence-electron chi connectivity index (χ2n) is 6.19. The van der Waals surface area contributed by atoms with Gasteiger partial charge in [0.1, 0.15) is 0 Å². The molecule has 4 fully saturated rings. The fourth-order valence-corrected chi connectivity index (χ4v) is 4.26. The highest BCUT2D eigenvalue weighted by Crippen LogP contribution is 2.46. The molecule has 2 heteroatoms. The van der Waals surface area contributed by atoms with Crippen LogP contribution in [0.5, 0.6) is 0 Å². The number of rotatable bonds is 1. The average Bonchev–Trinajstić information content (AvgIpc) is 2.43. The second-order valence-corrected chi connectivity index (χ2v) is 6.19. The molecular formula is C17H19NO. The van der Waals surface area contributed by atoms with Gasteiger partial charge < -0.3 is 4.90 Å². The number of carbonyl (C=O) groups excluding carboxylic acids is 1. The molecule has 5 rings (SSSR count). The number of benzene rings is 1. The maximum absolute atomic E-state index is 12.7. The zero-order chi connectivity index (χ0) is 12.8. The van der Waals surface area contributed by atoms with Crippen LogP contribution in [0, 0.1) is 17.8 Å². The van der Waals surface area contributed by atoms with Crippen LogP contribution in [0.25, 0.3) is 6.08 Å². The summed E-state index contributed by atoms with van der Waals surface area (Å²) in [6.45, 7) is 2.21. The van der Waals surface area contributed by atoms with Crippen LogP contribution < -0.4 is 0 Å². The third-order valence-corrected chi connectivity index (χ3v) is 5.07. The molecule has 4 bridgehead atoms. The minimum absolute atomic E-state index is 0.328. The van der Waals surface area contributed by atoms with Gasteiger partial charge in [-0.3, -0.25) is 4.79 Å². The number of carbonyl (C=O) groups is 1. The Morgan fingerprint density at radius 1 is 1.05 bits per heavy atom. The summed E-state index contributed by atoms with van der Waals surface area (Å²) >= 11 is 0. The summed E-state index contributed by atoms with van der Waals surface area (Å²) in [4.78, 5) is 15.0. The molecule has 1 saturated carbocycles. The van der Waals surface area contributed by atoms with E-state index in [0.29, 0.717) is 23.5 Å². The van der Waals surface area contributed by atoms with E-state index in [0.717, 1.165) is 24.4 Å². The van der Waals surface area contributed by atoms with Crippen molar-refractivity contribution in [3.8, 4) is 0 Å². The van der Waals surface area contributed by atoms with Crippen molar-refractivity contribution in [2.24, 2.45) is 17.8 Å². The molecule has 2 nitrogen and oxygen atoms in total. The van der Waals surface area contributed by atoms with Gasteiger partial charge in [0.15, 0.2) is 5.78 Å². The van der Waals surface area contributed by atoms with E-state index in [1.165, 1.54) is 19.3 Å². The summed E-state index contributed by atoms with van der Waals surface area (Å²) in [6.07, 6.45) is 5.91. The molecule has 98 valence electrons. The summed E-state index contributed by atoms with van der Waals surface area (Å²) in [7, 11) is 0. The average molecular weight is 253 g/mol. The lowest BCUT2D eigenvalue weighted by atomic mass is 9.63. The van der Waals surface area contributed by atoms with Crippen molar-refractivity contribution < 1.29 is 4.79 Å². The standard InChI is InChI=1S/C17H19NO/c19-17-15(9-12-5-2-1-3-6-12)18-10-13-7-4-8-14(11-18)16(13)17/h1-3,5-6,9,13-14,16H,4,7-8,10-11H2/b15-9-/t13-,14+,16?. The molecule has 1 unspecified atom stereocenters. The van der Waals surface area contributed by atoms with Crippen LogP contribution in [-0.4, -0.2) is 23.8 Å².